The van der Waals surface area contributed by atoms with Crippen LogP contribution in [0.3, 0.4) is 0 Å². The first kappa shape index (κ1) is 15.6. The largest absolute Gasteiger partial charge is 0.491 e. The van der Waals surface area contributed by atoms with Gasteiger partial charge in [0.2, 0.25) is 0 Å². The Balaban J connectivity index is 1.58. The number of hydrogen-bond acceptors (Lipinski definition) is 5. The molecule has 2 heterocycles. The summed E-state index contributed by atoms with van der Waals surface area (Å²) in [5.41, 5.74) is 3.89. The zero-order chi connectivity index (χ0) is 17.4. The third-order valence-corrected chi connectivity index (χ3v) is 4.18. The minimum Gasteiger partial charge on any atom is -0.423 e. The molecule has 0 saturated heterocycles. The number of aromatic nitrogens is 3. The molecular formula is C17H15BN4O3. The molecule has 0 bridgehead atoms. The first-order valence-electron chi connectivity index (χ1n) is 7.85. The van der Waals surface area contributed by atoms with Crippen LogP contribution in [0.2, 0.25) is 0 Å². The lowest BCUT2D eigenvalue weighted by Gasteiger charge is -2.07. The standard InChI is InChI=1S/C17H15BN4O3/c1-11-16(20-21-22(11)14-5-3-2-4-6-14)17(23)19-13-8-7-12-10-25-18(24)15(12)9-13/h2-9,24H,10H2,1H3,(H,19,23). The van der Waals surface area contributed by atoms with E-state index >= 15 is 0 Å². The van der Waals surface area contributed by atoms with Gasteiger partial charge in [0.1, 0.15) is 0 Å². The normalized spacial score (nSPS) is 13.0. The van der Waals surface area contributed by atoms with Gasteiger partial charge in [-0.15, -0.1) is 5.10 Å². The molecule has 4 rings (SSSR count). The highest BCUT2D eigenvalue weighted by atomic mass is 16.5. The van der Waals surface area contributed by atoms with Crippen molar-refractivity contribution in [1.82, 2.24) is 15.0 Å². The van der Waals surface area contributed by atoms with Gasteiger partial charge in [0.25, 0.3) is 5.91 Å². The Bertz CT molecular complexity index is 942. The van der Waals surface area contributed by atoms with E-state index in [0.717, 1.165) is 11.3 Å². The number of anilines is 1. The van der Waals surface area contributed by atoms with Crippen molar-refractivity contribution in [2.24, 2.45) is 0 Å². The molecule has 1 amide bonds. The predicted octanol–water partition coefficient (Wildman–Crippen LogP) is 1.05. The number of nitrogens with one attached hydrogen (secondary N) is 1. The lowest BCUT2D eigenvalue weighted by molar-refractivity contribution is 0.102. The molecule has 0 saturated carbocycles. The maximum absolute atomic E-state index is 12.5. The number of carbonyl (C=O) groups excluding carboxylic acids is 1. The topological polar surface area (TPSA) is 89.3 Å². The lowest BCUT2D eigenvalue weighted by atomic mass is 9.79. The smallest absolute Gasteiger partial charge is 0.423 e. The van der Waals surface area contributed by atoms with Gasteiger partial charge in [0, 0.05) is 5.69 Å². The van der Waals surface area contributed by atoms with Crippen LogP contribution in [-0.2, 0) is 11.3 Å². The average Bonchev–Trinajstić information content (AvgIpc) is 3.19. The van der Waals surface area contributed by atoms with Crippen molar-refractivity contribution < 1.29 is 14.5 Å². The number of hydrogen-bond donors (Lipinski definition) is 2. The molecule has 0 fully saturated rings. The Morgan fingerprint density at radius 2 is 2.08 bits per heavy atom. The summed E-state index contributed by atoms with van der Waals surface area (Å²) in [6, 6.07) is 14.8. The van der Waals surface area contributed by atoms with Gasteiger partial charge in [-0.05, 0) is 42.2 Å². The molecule has 2 N–H and O–H groups in total. The molecule has 7 nitrogen and oxygen atoms in total. The van der Waals surface area contributed by atoms with Crippen molar-refractivity contribution in [3.8, 4) is 5.69 Å². The molecule has 1 aliphatic heterocycles. The third-order valence-electron chi connectivity index (χ3n) is 4.18. The zero-order valence-electron chi connectivity index (χ0n) is 13.5. The van der Waals surface area contributed by atoms with E-state index in [1.165, 1.54) is 0 Å². The lowest BCUT2D eigenvalue weighted by Crippen LogP contribution is -2.28. The second-order valence-electron chi connectivity index (χ2n) is 5.80. The van der Waals surface area contributed by atoms with Crippen molar-refractivity contribution >= 4 is 24.2 Å². The van der Waals surface area contributed by atoms with Crippen molar-refractivity contribution in [2.45, 2.75) is 13.5 Å². The Kier molecular flexibility index (Phi) is 3.83. The number of amides is 1. The van der Waals surface area contributed by atoms with Crippen molar-refractivity contribution in [3.05, 3.63) is 65.5 Å². The fourth-order valence-electron chi connectivity index (χ4n) is 2.84. The summed E-state index contributed by atoms with van der Waals surface area (Å²) < 4.78 is 6.78. The van der Waals surface area contributed by atoms with E-state index < -0.39 is 7.12 Å². The highest BCUT2D eigenvalue weighted by molar-refractivity contribution is 6.61. The van der Waals surface area contributed by atoms with E-state index in [0.29, 0.717) is 23.5 Å². The van der Waals surface area contributed by atoms with Gasteiger partial charge < -0.3 is 15.0 Å². The van der Waals surface area contributed by atoms with Crippen LogP contribution in [0.25, 0.3) is 5.69 Å². The van der Waals surface area contributed by atoms with Gasteiger partial charge in [0.05, 0.1) is 18.0 Å². The Morgan fingerprint density at radius 3 is 2.88 bits per heavy atom. The number of nitrogens with zero attached hydrogens (tertiary/aromatic N) is 3. The summed E-state index contributed by atoms with van der Waals surface area (Å²) in [5.74, 6) is -0.354. The summed E-state index contributed by atoms with van der Waals surface area (Å²) in [7, 11) is -0.951. The molecule has 25 heavy (non-hydrogen) atoms. The van der Waals surface area contributed by atoms with E-state index in [2.05, 4.69) is 15.6 Å². The highest BCUT2D eigenvalue weighted by Crippen LogP contribution is 2.17. The van der Waals surface area contributed by atoms with E-state index in [4.69, 9.17) is 4.65 Å². The van der Waals surface area contributed by atoms with Crippen LogP contribution in [0.15, 0.2) is 48.5 Å². The molecule has 124 valence electrons. The molecule has 0 atom stereocenters. The van der Waals surface area contributed by atoms with Crippen LogP contribution >= 0.6 is 0 Å². The molecule has 8 heteroatoms. The van der Waals surface area contributed by atoms with Gasteiger partial charge in [-0.1, -0.05) is 29.5 Å². The molecule has 1 aliphatic rings. The summed E-state index contributed by atoms with van der Waals surface area (Å²) in [5, 5.41) is 20.6. The number of para-hydroxylation sites is 1. The minimum atomic E-state index is -0.951. The van der Waals surface area contributed by atoms with Gasteiger partial charge in [-0.3, -0.25) is 4.79 Å². The van der Waals surface area contributed by atoms with Crippen molar-refractivity contribution in [3.63, 3.8) is 0 Å². The predicted molar refractivity (Wildman–Crippen MR) is 92.9 cm³/mol. The maximum Gasteiger partial charge on any atom is 0.491 e. The molecule has 0 radical (unpaired) electrons. The average molecular weight is 334 g/mol. The SMILES string of the molecule is Cc1c(C(=O)Nc2ccc3c(c2)B(O)OC3)nnn1-c1ccccc1. The monoisotopic (exact) mass is 334 g/mol. The molecule has 2 aromatic carbocycles. The van der Waals surface area contributed by atoms with Crippen molar-refractivity contribution in [2.75, 3.05) is 5.32 Å². The van der Waals surface area contributed by atoms with Crippen LogP contribution in [0.4, 0.5) is 5.69 Å². The van der Waals surface area contributed by atoms with Gasteiger partial charge in [0.15, 0.2) is 5.69 Å². The number of carbonyl (C=O) groups is 1. The minimum absolute atomic E-state index is 0.251. The molecule has 0 aliphatic carbocycles. The van der Waals surface area contributed by atoms with E-state index in [-0.39, 0.29) is 11.6 Å². The fourth-order valence-corrected chi connectivity index (χ4v) is 2.84. The van der Waals surface area contributed by atoms with E-state index in [1.807, 2.05) is 36.4 Å². The number of fused-ring (bicyclic) bond motifs is 1. The number of benzene rings is 2. The Hall–Kier alpha value is -2.97. The first-order valence-corrected chi connectivity index (χ1v) is 7.85. The summed E-state index contributed by atoms with van der Waals surface area (Å²) in [4.78, 5) is 12.5. The first-order chi connectivity index (χ1) is 12.1. The summed E-state index contributed by atoms with van der Waals surface area (Å²) in [6.07, 6.45) is 0. The van der Waals surface area contributed by atoms with Crippen LogP contribution in [0.5, 0.6) is 0 Å². The third kappa shape index (κ3) is 2.81. The molecular weight excluding hydrogens is 319 g/mol. The Labute approximate surface area is 144 Å². The summed E-state index contributed by atoms with van der Waals surface area (Å²) >= 11 is 0. The van der Waals surface area contributed by atoms with E-state index in [9.17, 15) is 9.82 Å². The van der Waals surface area contributed by atoms with Crippen molar-refractivity contribution in [1.29, 1.82) is 0 Å². The molecule has 0 unspecified atom stereocenters. The molecule has 3 aromatic rings. The van der Waals surface area contributed by atoms with Crippen LogP contribution < -0.4 is 10.8 Å². The molecule has 1 aromatic heterocycles. The quantitative estimate of drug-likeness (QED) is 0.699. The second kappa shape index (κ2) is 6.16. The molecule has 0 spiro atoms. The van der Waals surface area contributed by atoms with E-state index in [1.54, 1.807) is 23.7 Å². The van der Waals surface area contributed by atoms with Crippen LogP contribution in [-0.4, -0.2) is 33.0 Å². The van der Waals surface area contributed by atoms with Gasteiger partial charge >= 0.3 is 7.12 Å². The number of rotatable bonds is 3. The zero-order valence-corrected chi connectivity index (χ0v) is 13.5. The second-order valence-corrected chi connectivity index (χ2v) is 5.80. The van der Waals surface area contributed by atoms with Crippen LogP contribution in [0, 0.1) is 6.92 Å². The fraction of sp³-hybridized carbons (Fsp3) is 0.118. The van der Waals surface area contributed by atoms with Gasteiger partial charge in [-0.2, -0.15) is 0 Å². The summed E-state index contributed by atoms with van der Waals surface area (Å²) in [6.45, 7) is 2.16. The van der Waals surface area contributed by atoms with Crippen LogP contribution in [0.1, 0.15) is 21.7 Å². The van der Waals surface area contributed by atoms with Gasteiger partial charge in [-0.25, -0.2) is 4.68 Å². The maximum atomic E-state index is 12.5. The highest BCUT2D eigenvalue weighted by Gasteiger charge is 2.27. The Morgan fingerprint density at radius 1 is 1.28 bits per heavy atom.